The molecule has 11 heteroatoms. The number of ether oxygens (including phenoxy) is 1. The molecule has 0 unspecified atom stereocenters. The number of aromatic nitrogens is 1. The van der Waals surface area contributed by atoms with Gasteiger partial charge in [-0.25, -0.2) is 0 Å². The molecule has 3 amide bonds. The lowest BCUT2D eigenvalue weighted by Crippen LogP contribution is -2.57. The smallest absolute Gasteiger partial charge is 0.433 e. The first-order valence-corrected chi connectivity index (χ1v) is 13.4. The number of piperidine rings is 1. The summed E-state index contributed by atoms with van der Waals surface area (Å²) in [4.78, 5) is 44.3. The van der Waals surface area contributed by atoms with Gasteiger partial charge in [0.25, 0.3) is 5.91 Å². The number of nitrogens with zero attached hydrogens (tertiary/aromatic N) is 3. The van der Waals surface area contributed by atoms with E-state index in [4.69, 9.17) is 4.74 Å². The monoisotopic (exact) mass is 542 g/mol. The molecule has 3 atom stereocenters. The van der Waals surface area contributed by atoms with E-state index in [1.165, 1.54) is 17.2 Å². The van der Waals surface area contributed by atoms with Gasteiger partial charge in [-0.1, -0.05) is 12.5 Å². The van der Waals surface area contributed by atoms with E-state index in [1.807, 2.05) is 6.07 Å². The topological polar surface area (TPSA) is 91.8 Å². The van der Waals surface area contributed by atoms with Crippen LogP contribution in [0.1, 0.15) is 71.6 Å². The highest BCUT2D eigenvalue weighted by atomic mass is 19.4. The fraction of sp³-hybridized carbons (Fsp3) is 0.500. The predicted molar refractivity (Wildman–Crippen MR) is 133 cm³/mol. The van der Waals surface area contributed by atoms with E-state index in [9.17, 15) is 27.6 Å². The van der Waals surface area contributed by atoms with E-state index in [0.717, 1.165) is 56.0 Å². The van der Waals surface area contributed by atoms with E-state index in [2.05, 4.69) is 15.2 Å². The number of benzene rings is 1. The van der Waals surface area contributed by atoms with Gasteiger partial charge in [-0.15, -0.1) is 0 Å². The van der Waals surface area contributed by atoms with Crippen LogP contribution in [0.15, 0.2) is 36.5 Å². The number of carbonyl (C=O) groups excluding carboxylic acids is 3. The number of amides is 3. The van der Waals surface area contributed by atoms with E-state index in [-0.39, 0.29) is 36.3 Å². The second-order valence-corrected chi connectivity index (χ2v) is 10.9. The first kappa shape index (κ1) is 25.8. The summed E-state index contributed by atoms with van der Waals surface area (Å²) in [5.74, 6) is -0.151. The fourth-order valence-electron chi connectivity index (χ4n) is 6.24. The van der Waals surface area contributed by atoms with E-state index in [0.29, 0.717) is 24.3 Å². The lowest BCUT2D eigenvalue weighted by molar-refractivity contribution is -0.141. The Labute approximate surface area is 223 Å². The Hall–Kier alpha value is -3.47. The van der Waals surface area contributed by atoms with Gasteiger partial charge in [0.2, 0.25) is 11.8 Å². The Bertz CT molecular complexity index is 1290. The van der Waals surface area contributed by atoms with Crippen molar-refractivity contribution in [3.05, 3.63) is 58.9 Å². The SMILES string of the molecule is O=C1CC[C@@H](N2Cc3cc(O[C@H]4CCCC[C@H]4N4CC(c5ccc(C(F)(F)F)nc5)C4)ccc3C2=O)C(=O)N1. The molecule has 206 valence electrons. The molecule has 1 aromatic carbocycles. The molecule has 0 bridgehead atoms. The van der Waals surface area contributed by atoms with Crippen LogP contribution in [-0.4, -0.2) is 63.8 Å². The quantitative estimate of drug-likeness (QED) is 0.580. The zero-order chi connectivity index (χ0) is 27.3. The van der Waals surface area contributed by atoms with Crippen molar-refractivity contribution in [1.29, 1.82) is 0 Å². The molecule has 0 spiro atoms. The number of rotatable bonds is 5. The van der Waals surface area contributed by atoms with Gasteiger partial charge in [-0.3, -0.25) is 29.6 Å². The molecular formula is C28H29F3N4O4. The van der Waals surface area contributed by atoms with Crippen molar-refractivity contribution in [2.24, 2.45) is 0 Å². The van der Waals surface area contributed by atoms with Crippen LogP contribution < -0.4 is 10.1 Å². The van der Waals surface area contributed by atoms with Crippen LogP contribution in [-0.2, 0) is 22.3 Å². The molecule has 1 saturated carbocycles. The van der Waals surface area contributed by atoms with Crippen LogP contribution in [0, 0.1) is 0 Å². The van der Waals surface area contributed by atoms with Crippen molar-refractivity contribution in [3.8, 4) is 5.75 Å². The molecule has 2 saturated heterocycles. The van der Waals surface area contributed by atoms with E-state index in [1.54, 1.807) is 12.1 Å². The number of likely N-dealkylation sites (tertiary alicyclic amines) is 1. The minimum absolute atomic E-state index is 0.0353. The zero-order valence-electron chi connectivity index (χ0n) is 21.2. The highest BCUT2D eigenvalue weighted by Crippen LogP contribution is 2.37. The number of imide groups is 1. The Balaban J connectivity index is 1.09. The van der Waals surface area contributed by atoms with Crippen molar-refractivity contribution >= 4 is 17.7 Å². The summed E-state index contributed by atoms with van der Waals surface area (Å²) in [5, 5.41) is 2.32. The summed E-state index contributed by atoms with van der Waals surface area (Å²) in [6.07, 6.45) is 1.40. The third-order valence-electron chi connectivity index (χ3n) is 8.38. The molecule has 2 aromatic rings. The molecule has 1 aromatic heterocycles. The minimum Gasteiger partial charge on any atom is -0.489 e. The molecule has 39 heavy (non-hydrogen) atoms. The molecule has 4 aliphatic rings. The molecular weight excluding hydrogens is 513 g/mol. The second kappa shape index (κ2) is 9.93. The maximum absolute atomic E-state index is 13.0. The van der Waals surface area contributed by atoms with Crippen LogP contribution in [0.2, 0.25) is 0 Å². The molecule has 1 aliphatic carbocycles. The number of nitrogens with one attached hydrogen (secondary N) is 1. The Morgan fingerprint density at radius 1 is 1.00 bits per heavy atom. The van der Waals surface area contributed by atoms with Gasteiger partial charge >= 0.3 is 6.18 Å². The lowest BCUT2D eigenvalue weighted by Gasteiger charge is -2.48. The zero-order valence-corrected chi connectivity index (χ0v) is 21.2. The Morgan fingerprint density at radius 2 is 1.79 bits per heavy atom. The predicted octanol–water partition coefficient (Wildman–Crippen LogP) is 3.65. The highest BCUT2D eigenvalue weighted by molar-refractivity contribution is 6.05. The summed E-state index contributed by atoms with van der Waals surface area (Å²) in [6.45, 7) is 1.79. The average molecular weight is 543 g/mol. The van der Waals surface area contributed by atoms with Crippen LogP contribution in [0.4, 0.5) is 13.2 Å². The van der Waals surface area contributed by atoms with E-state index < -0.39 is 23.8 Å². The number of hydrogen-bond acceptors (Lipinski definition) is 6. The summed E-state index contributed by atoms with van der Waals surface area (Å²) in [5.41, 5.74) is 1.28. The summed E-state index contributed by atoms with van der Waals surface area (Å²) in [6, 6.07) is 7.52. The minimum atomic E-state index is -4.44. The largest absolute Gasteiger partial charge is 0.489 e. The normalized spacial score (nSPS) is 26.3. The molecule has 0 radical (unpaired) electrons. The number of halogens is 3. The van der Waals surface area contributed by atoms with Crippen LogP contribution in [0.5, 0.6) is 5.75 Å². The first-order chi connectivity index (χ1) is 18.7. The maximum atomic E-state index is 13.0. The molecule has 6 rings (SSSR count). The van der Waals surface area contributed by atoms with Crippen LogP contribution in [0.25, 0.3) is 0 Å². The fourth-order valence-corrected chi connectivity index (χ4v) is 6.24. The van der Waals surface area contributed by atoms with Gasteiger partial charge in [-0.05, 0) is 61.1 Å². The van der Waals surface area contributed by atoms with Crippen molar-refractivity contribution in [1.82, 2.24) is 20.1 Å². The van der Waals surface area contributed by atoms with Gasteiger partial charge in [0.1, 0.15) is 23.6 Å². The number of pyridine rings is 1. The third kappa shape index (κ3) is 4.99. The number of alkyl halides is 3. The van der Waals surface area contributed by atoms with Gasteiger partial charge in [0, 0.05) is 49.8 Å². The number of fused-ring (bicyclic) bond motifs is 1. The van der Waals surface area contributed by atoms with E-state index >= 15 is 0 Å². The second-order valence-electron chi connectivity index (χ2n) is 10.9. The average Bonchev–Trinajstić information content (AvgIpc) is 3.19. The standard InChI is InChI=1S/C28H29F3N4O4/c29-28(30,31)24-9-5-16(12-32-24)18-13-34(14-18)21-3-1-2-4-23(21)39-19-6-7-20-17(11-19)15-35(27(20)38)22-8-10-25(36)33-26(22)37/h5-7,9,11-12,18,21-23H,1-4,8,10,13-15H2,(H,33,36,37)/t21-,22-,23+/m1/s1. The summed E-state index contributed by atoms with van der Waals surface area (Å²) < 4.78 is 45.0. The first-order valence-electron chi connectivity index (χ1n) is 13.4. The van der Waals surface area contributed by atoms with Gasteiger partial charge < -0.3 is 9.64 Å². The van der Waals surface area contributed by atoms with Gasteiger partial charge in [-0.2, -0.15) is 13.2 Å². The number of hydrogen-bond donors (Lipinski definition) is 1. The number of carbonyl (C=O) groups is 3. The van der Waals surface area contributed by atoms with Crippen molar-refractivity contribution in [2.45, 2.75) is 75.4 Å². The Morgan fingerprint density at radius 3 is 2.51 bits per heavy atom. The molecule has 3 aliphatic heterocycles. The molecule has 3 fully saturated rings. The summed E-state index contributed by atoms with van der Waals surface area (Å²) in [7, 11) is 0. The molecule has 1 N–H and O–H groups in total. The third-order valence-corrected chi connectivity index (χ3v) is 8.38. The van der Waals surface area contributed by atoms with Gasteiger partial charge in [0.05, 0.1) is 0 Å². The van der Waals surface area contributed by atoms with Gasteiger partial charge in [0.15, 0.2) is 0 Å². The van der Waals surface area contributed by atoms with Crippen molar-refractivity contribution in [2.75, 3.05) is 13.1 Å². The highest BCUT2D eigenvalue weighted by Gasteiger charge is 2.41. The molecule has 8 nitrogen and oxygen atoms in total. The molecule has 4 heterocycles. The van der Waals surface area contributed by atoms with Crippen molar-refractivity contribution < 1.29 is 32.3 Å². The van der Waals surface area contributed by atoms with Crippen LogP contribution >= 0.6 is 0 Å². The van der Waals surface area contributed by atoms with Crippen LogP contribution in [0.3, 0.4) is 0 Å². The maximum Gasteiger partial charge on any atom is 0.433 e. The lowest BCUT2D eigenvalue weighted by atomic mass is 9.84. The van der Waals surface area contributed by atoms with Crippen molar-refractivity contribution in [3.63, 3.8) is 0 Å². The Kier molecular flexibility index (Phi) is 6.57. The summed E-state index contributed by atoms with van der Waals surface area (Å²) >= 11 is 0.